The number of nitrogens with zero attached hydrogens (tertiary/aromatic N) is 1. The van der Waals surface area contributed by atoms with Crippen LogP contribution >= 0.6 is 0 Å². The summed E-state index contributed by atoms with van der Waals surface area (Å²) in [6.07, 6.45) is 2.35. The van der Waals surface area contributed by atoms with Gasteiger partial charge in [0.2, 0.25) is 5.88 Å². The number of aromatic amines is 1. The second-order valence-corrected chi connectivity index (χ2v) is 5.84. The minimum absolute atomic E-state index is 0.121. The molecule has 0 spiro atoms. The first-order valence-corrected chi connectivity index (χ1v) is 7.44. The maximum atomic E-state index is 11.7. The van der Waals surface area contributed by atoms with Crippen molar-refractivity contribution >= 4 is 18.1 Å². The Balaban J connectivity index is 2.64. The van der Waals surface area contributed by atoms with Crippen molar-refractivity contribution in [2.75, 3.05) is 13.2 Å². The Hall–Kier alpha value is -2.71. The molecular formula is C15H23N3O6. The molecule has 1 amide bonds. The number of H-pyrrole nitrogens is 1. The van der Waals surface area contributed by atoms with E-state index in [0.717, 1.165) is 4.57 Å². The molecule has 1 aromatic heterocycles. The topological polar surface area (TPSA) is 123 Å². The van der Waals surface area contributed by atoms with Crippen LogP contribution in [0, 0.1) is 0 Å². The summed E-state index contributed by atoms with van der Waals surface area (Å²) in [5.41, 5.74) is -1.11. The Morgan fingerprint density at radius 1 is 1.38 bits per heavy atom. The zero-order valence-corrected chi connectivity index (χ0v) is 14.2. The minimum Gasteiger partial charge on any atom is -0.493 e. The van der Waals surface area contributed by atoms with E-state index in [2.05, 4.69) is 10.3 Å². The number of esters is 1. The van der Waals surface area contributed by atoms with Gasteiger partial charge in [-0.05, 0) is 33.8 Å². The SMILES string of the molecule is CCOC(=O)Cn1c(O)c(C=CCNC(=O)OC(C)(C)C)[nH]c1=O. The molecule has 0 unspecified atom stereocenters. The van der Waals surface area contributed by atoms with Gasteiger partial charge in [-0.1, -0.05) is 6.08 Å². The fourth-order valence-corrected chi connectivity index (χ4v) is 1.71. The van der Waals surface area contributed by atoms with Gasteiger partial charge in [0.15, 0.2) is 0 Å². The molecule has 0 saturated carbocycles. The molecule has 9 heteroatoms. The first-order valence-electron chi connectivity index (χ1n) is 7.44. The van der Waals surface area contributed by atoms with Crippen molar-refractivity contribution in [2.24, 2.45) is 0 Å². The van der Waals surface area contributed by atoms with Crippen molar-refractivity contribution in [1.29, 1.82) is 0 Å². The molecule has 3 N–H and O–H groups in total. The van der Waals surface area contributed by atoms with Gasteiger partial charge in [-0.3, -0.25) is 9.36 Å². The highest BCUT2D eigenvalue weighted by atomic mass is 16.6. The van der Waals surface area contributed by atoms with E-state index in [9.17, 15) is 19.5 Å². The molecule has 0 aliphatic carbocycles. The third kappa shape index (κ3) is 6.19. The summed E-state index contributed by atoms with van der Waals surface area (Å²) in [6.45, 7) is 6.82. The average Bonchev–Trinajstić information content (AvgIpc) is 2.70. The Kier molecular flexibility index (Phi) is 6.63. The standard InChI is InChI=1S/C15H23N3O6/c1-5-23-11(19)9-18-12(20)10(17-13(18)21)7-6-8-16-14(22)24-15(2,3)4/h6-7,20H,5,8-9H2,1-4H3,(H,16,22)(H,17,21). The summed E-state index contributed by atoms with van der Waals surface area (Å²) in [5.74, 6) is -1.02. The zero-order valence-electron chi connectivity index (χ0n) is 14.2. The van der Waals surface area contributed by atoms with Crippen molar-refractivity contribution in [3.05, 3.63) is 22.3 Å². The number of nitrogens with one attached hydrogen (secondary N) is 2. The molecular weight excluding hydrogens is 318 g/mol. The number of imidazole rings is 1. The fourth-order valence-electron chi connectivity index (χ4n) is 1.71. The van der Waals surface area contributed by atoms with Gasteiger partial charge in [-0.15, -0.1) is 0 Å². The van der Waals surface area contributed by atoms with Gasteiger partial charge in [0.1, 0.15) is 17.8 Å². The summed E-state index contributed by atoms with van der Waals surface area (Å²) in [7, 11) is 0. The summed E-state index contributed by atoms with van der Waals surface area (Å²) < 4.78 is 10.6. The lowest BCUT2D eigenvalue weighted by atomic mass is 10.2. The Morgan fingerprint density at radius 2 is 2.04 bits per heavy atom. The van der Waals surface area contributed by atoms with Crippen LogP contribution in [0.5, 0.6) is 5.88 Å². The first-order chi connectivity index (χ1) is 11.1. The molecule has 1 rings (SSSR count). The maximum Gasteiger partial charge on any atom is 0.407 e. The van der Waals surface area contributed by atoms with E-state index >= 15 is 0 Å². The van der Waals surface area contributed by atoms with E-state index in [1.165, 1.54) is 12.2 Å². The molecule has 0 aliphatic heterocycles. The molecule has 0 bridgehead atoms. The minimum atomic E-state index is -0.639. The first kappa shape index (κ1) is 19.3. The summed E-state index contributed by atoms with van der Waals surface area (Å²) >= 11 is 0. The van der Waals surface area contributed by atoms with E-state index in [1.807, 2.05) is 0 Å². The molecule has 24 heavy (non-hydrogen) atoms. The number of alkyl carbamates (subject to hydrolysis) is 1. The number of carbonyl (C=O) groups is 2. The van der Waals surface area contributed by atoms with Gasteiger partial charge in [0.05, 0.1) is 6.61 Å². The highest BCUT2D eigenvalue weighted by molar-refractivity contribution is 5.70. The van der Waals surface area contributed by atoms with Crippen LogP contribution < -0.4 is 11.0 Å². The van der Waals surface area contributed by atoms with Crippen LogP contribution in [0.2, 0.25) is 0 Å². The summed E-state index contributed by atoms with van der Waals surface area (Å²) in [4.78, 5) is 37.0. The molecule has 9 nitrogen and oxygen atoms in total. The second kappa shape index (κ2) is 8.23. The monoisotopic (exact) mass is 341 g/mol. The van der Waals surface area contributed by atoms with Crippen LogP contribution in [-0.4, -0.2) is 45.5 Å². The molecule has 0 atom stereocenters. The predicted octanol–water partition coefficient (Wildman–Crippen LogP) is 0.983. The lowest BCUT2D eigenvalue weighted by Gasteiger charge is -2.19. The lowest BCUT2D eigenvalue weighted by Crippen LogP contribution is -2.32. The molecule has 0 aromatic carbocycles. The molecule has 0 fully saturated rings. The van der Waals surface area contributed by atoms with Gasteiger partial charge in [0.25, 0.3) is 0 Å². The Labute approximate surface area is 139 Å². The van der Waals surface area contributed by atoms with Crippen LogP contribution in [0.3, 0.4) is 0 Å². The third-order valence-corrected chi connectivity index (χ3v) is 2.62. The number of amides is 1. The van der Waals surface area contributed by atoms with Gasteiger partial charge < -0.3 is 24.9 Å². The molecule has 0 aliphatic rings. The number of carbonyl (C=O) groups excluding carboxylic acids is 2. The average molecular weight is 341 g/mol. The summed E-state index contributed by atoms with van der Waals surface area (Å²) in [6, 6.07) is 0. The van der Waals surface area contributed by atoms with Gasteiger partial charge in [-0.2, -0.15) is 0 Å². The summed E-state index contributed by atoms with van der Waals surface area (Å²) in [5, 5.41) is 12.4. The van der Waals surface area contributed by atoms with Crippen molar-refractivity contribution < 1.29 is 24.2 Å². The van der Waals surface area contributed by atoms with E-state index in [-0.39, 0.29) is 31.3 Å². The maximum absolute atomic E-state index is 11.7. The number of aromatic hydroxyl groups is 1. The molecule has 1 heterocycles. The van der Waals surface area contributed by atoms with Crippen molar-refractivity contribution in [2.45, 2.75) is 39.8 Å². The van der Waals surface area contributed by atoms with E-state index in [4.69, 9.17) is 9.47 Å². The fraction of sp³-hybridized carbons (Fsp3) is 0.533. The Morgan fingerprint density at radius 3 is 2.62 bits per heavy atom. The van der Waals surface area contributed by atoms with E-state index < -0.39 is 23.4 Å². The van der Waals surface area contributed by atoms with E-state index in [0.29, 0.717) is 0 Å². The highest BCUT2D eigenvalue weighted by Crippen LogP contribution is 2.14. The van der Waals surface area contributed by atoms with Crippen LogP contribution in [0.25, 0.3) is 6.08 Å². The van der Waals surface area contributed by atoms with Crippen molar-refractivity contribution in [3.8, 4) is 5.88 Å². The zero-order chi connectivity index (χ0) is 18.3. The number of hydrogen-bond acceptors (Lipinski definition) is 6. The smallest absolute Gasteiger partial charge is 0.407 e. The van der Waals surface area contributed by atoms with E-state index in [1.54, 1.807) is 27.7 Å². The number of ether oxygens (including phenoxy) is 2. The number of hydrogen-bond donors (Lipinski definition) is 3. The number of aromatic nitrogens is 2. The highest BCUT2D eigenvalue weighted by Gasteiger charge is 2.16. The molecule has 1 aromatic rings. The Bertz CT molecular complexity index is 666. The molecule has 0 saturated heterocycles. The van der Waals surface area contributed by atoms with Gasteiger partial charge in [0, 0.05) is 6.54 Å². The lowest BCUT2D eigenvalue weighted by molar-refractivity contribution is -0.143. The van der Waals surface area contributed by atoms with Crippen LogP contribution in [0.1, 0.15) is 33.4 Å². The second-order valence-electron chi connectivity index (χ2n) is 5.84. The quantitative estimate of drug-likeness (QED) is 0.663. The number of rotatable bonds is 6. The van der Waals surface area contributed by atoms with Crippen LogP contribution in [0.15, 0.2) is 10.9 Å². The van der Waals surface area contributed by atoms with Crippen LogP contribution in [0.4, 0.5) is 4.79 Å². The van der Waals surface area contributed by atoms with Crippen LogP contribution in [-0.2, 0) is 20.8 Å². The largest absolute Gasteiger partial charge is 0.493 e. The van der Waals surface area contributed by atoms with Gasteiger partial charge >= 0.3 is 17.8 Å². The van der Waals surface area contributed by atoms with Crippen molar-refractivity contribution in [3.63, 3.8) is 0 Å². The van der Waals surface area contributed by atoms with Gasteiger partial charge in [-0.25, -0.2) is 9.59 Å². The third-order valence-electron chi connectivity index (χ3n) is 2.62. The molecule has 0 radical (unpaired) electrons. The normalized spacial score (nSPS) is 11.5. The molecule has 134 valence electrons. The predicted molar refractivity (Wildman–Crippen MR) is 86.6 cm³/mol. The van der Waals surface area contributed by atoms with Crippen molar-refractivity contribution in [1.82, 2.24) is 14.9 Å².